The molecule has 324 valence electrons. The lowest BCUT2D eigenvalue weighted by Gasteiger charge is -2.39. The maximum atomic E-state index is 11.7. The number of aliphatic carboxylic acids is 2. The number of hydrogen-bond donors (Lipinski definition) is 7. The fourth-order valence-corrected chi connectivity index (χ4v) is 7.64. The topological polar surface area (TPSA) is 213 Å². The zero-order valence-electron chi connectivity index (χ0n) is 33.9. The first kappa shape index (κ1) is 49.6. The molecule has 2 unspecified atom stereocenters. The summed E-state index contributed by atoms with van der Waals surface area (Å²) in [6.07, 6.45) is 13.6. The van der Waals surface area contributed by atoms with Crippen molar-refractivity contribution in [2.75, 3.05) is 98.3 Å². The Bertz CT molecular complexity index is 969. The molecule has 2 rings (SSSR count). The van der Waals surface area contributed by atoms with Crippen molar-refractivity contribution >= 4 is 11.9 Å². The molecule has 0 aliphatic carbocycles. The highest BCUT2D eigenvalue weighted by Crippen LogP contribution is 2.22. The van der Waals surface area contributed by atoms with Crippen molar-refractivity contribution in [2.45, 2.75) is 146 Å². The minimum Gasteiger partial charge on any atom is -0.480 e. The molecule has 0 bridgehead atoms. The molecule has 8 N–H and O–H groups in total. The van der Waals surface area contributed by atoms with Gasteiger partial charge in [0, 0.05) is 45.9 Å². The summed E-state index contributed by atoms with van der Waals surface area (Å²) in [6, 6.07) is 0. The Labute approximate surface area is 331 Å². The van der Waals surface area contributed by atoms with E-state index in [1.165, 1.54) is 38.5 Å². The first-order chi connectivity index (χ1) is 26.6. The first-order valence-electron chi connectivity index (χ1n) is 21.6. The third-order valence-electron chi connectivity index (χ3n) is 11.0. The zero-order chi connectivity index (χ0) is 40.1. The van der Waals surface area contributed by atoms with Gasteiger partial charge in [-0.15, -0.1) is 0 Å². The Morgan fingerprint density at radius 2 is 0.945 bits per heavy atom. The largest absolute Gasteiger partial charge is 0.480 e. The second-order valence-corrected chi connectivity index (χ2v) is 15.7. The molecule has 2 aliphatic heterocycles. The van der Waals surface area contributed by atoms with Gasteiger partial charge in [-0.1, -0.05) is 77.0 Å². The third kappa shape index (κ3) is 23.5. The van der Waals surface area contributed by atoms with Gasteiger partial charge in [0.25, 0.3) is 0 Å². The van der Waals surface area contributed by atoms with E-state index < -0.39 is 49.3 Å². The first-order valence-corrected chi connectivity index (χ1v) is 21.6. The molecule has 0 aromatic carbocycles. The number of carboxylic acid groups (broad SMARTS) is 2. The lowest BCUT2D eigenvalue weighted by Crippen LogP contribution is -2.59. The fraction of sp³-hybridized carbons (Fsp3) is 0.950. The summed E-state index contributed by atoms with van der Waals surface area (Å²) in [7, 11) is 0. The van der Waals surface area contributed by atoms with E-state index in [2.05, 4.69) is 19.6 Å². The van der Waals surface area contributed by atoms with E-state index in [-0.39, 0.29) is 13.1 Å². The van der Waals surface area contributed by atoms with Gasteiger partial charge < -0.3 is 55.6 Å². The molecule has 5 atom stereocenters. The molecule has 0 aromatic heterocycles. The summed E-state index contributed by atoms with van der Waals surface area (Å²) in [5.74, 6) is -1.58. The standard InChI is InChI=1S/C40H79N5O10/c41-19-13-9-5-1-2-6-10-14-20-42-22-17-24-45(32-36(49)50)29-27-43(23-18-25-44(28-26-42)31-35(47)48)21-15-11-7-3-4-8-12-16-30-54-40-39(53)38(52)37(51)34(33-46)55-40/h34,37-40,46,51-53H,1-33,41H2,(H,47,48)(H,49,50)/t34?,37-,38+,39?,40-/m1/s1. The molecular weight excluding hydrogens is 710 g/mol. The number of unbranched alkanes of at least 4 members (excludes halogenated alkanes) is 14. The maximum absolute atomic E-state index is 11.7. The van der Waals surface area contributed by atoms with E-state index in [0.717, 1.165) is 142 Å². The minimum atomic E-state index is -1.43. The molecule has 2 aliphatic rings. The van der Waals surface area contributed by atoms with Gasteiger partial charge in [-0.05, 0) is 71.2 Å². The lowest BCUT2D eigenvalue weighted by atomic mass is 9.99. The Balaban J connectivity index is 1.72. The van der Waals surface area contributed by atoms with Crippen LogP contribution >= 0.6 is 0 Å². The van der Waals surface area contributed by atoms with Gasteiger partial charge >= 0.3 is 11.9 Å². The Hall–Kier alpha value is -1.50. The molecule has 0 aromatic rings. The van der Waals surface area contributed by atoms with Crippen LogP contribution in [0.3, 0.4) is 0 Å². The SMILES string of the molecule is NCCCCCCCCCCN1CCCN(CC(=O)O)CCN(CCCCCCCCCCO[C@@H]2OC(CO)[C@@H](O)[C@H](O)C2O)CCCN(CC(=O)O)CC1. The fourth-order valence-electron chi connectivity index (χ4n) is 7.64. The minimum absolute atomic E-state index is 0.0470. The Morgan fingerprint density at radius 3 is 1.38 bits per heavy atom. The number of aliphatic hydroxyl groups is 4. The summed E-state index contributed by atoms with van der Waals surface area (Å²) in [5.41, 5.74) is 5.60. The number of nitrogens with two attached hydrogens (primary N) is 1. The van der Waals surface area contributed by atoms with Crippen LogP contribution in [0.1, 0.15) is 116 Å². The van der Waals surface area contributed by atoms with Crippen molar-refractivity contribution in [1.82, 2.24) is 19.6 Å². The quantitative estimate of drug-likeness (QED) is 0.0595. The van der Waals surface area contributed by atoms with Crippen LogP contribution in [-0.4, -0.2) is 191 Å². The molecule has 0 spiro atoms. The average molecular weight is 790 g/mol. The molecular formula is C40H79N5O10. The van der Waals surface area contributed by atoms with Gasteiger partial charge in [0.05, 0.1) is 19.7 Å². The van der Waals surface area contributed by atoms with E-state index in [0.29, 0.717) is 13.2 Å². The second kappa shape index (κ2) is 31.5. The lowest BCUT2D eigenvalue weighted by molar-refractivity contribution is -0.301. The Kier molecular flexibility index (Phi) is 28.4. The van der Waals surface area contributed by atoms with Crippen LogP contribution in [0.25, 0.3) is 0 Å². The summed E-state index contributed by atoms with van der Waals surface area (Å²) in [4.78, 5) is 32.5. The third-order valence-corrected chi connectivity index (χ3v) is 11.0. The van der Waals surface area contributed by atoms with Gasteiger partial charge in [0.2, 0.25) is 0 Å². The van der Waals surface area contributed by atoms with Crippen LogP contribution in [0.15, 0.2) is 0 Å². The van der Waals surface area contributed by atoms with Gasteiger partial charge in [-0.25, -0.2) is 0 Å². The summed E-state index contributed by atoms with van der Waals surface area (Å²) < 4.78 is 11.0. The second-order valence-electron chi connectivity index (χ2n) is 15.7. The smallest absolute Gasteiger partial charge is 0.317 e. The van der Waals surface area contributed by atoms with Crippen molar-refractivity contribution in [3.05, 3.63) is 0 Å². The number of rotatable bonds is 27. The Morgan fingerprint density at radius 1 is 0.545 bits per heavy atom. The number of nitrogens with zero attached hydrogens (tertiary/aromatic N) is 4. The molecule has 15 nitrogen and oxygen atoms in total. The molecule has 0 radical (unpaired) electrons. The van der Waals surface area contributed by atoms with Crippen LogP contribution in [-0.2, 0) is 19.1 Å². The highest BCUT2D eigenvalue weighted by Gasteiger charge is 2.43. The highest BCUT2D eigenvalue weighted by atomic mass is 16.7. The number of ether oxygens (including phenoxy) is 2. The molecule has 2 saturated heterocycles. The van der Waals surface area contributed by atoms with Crippen LogP contribution < -0.4 is 5.73 Å². The van der Waals surface area contributed by atoms with E-state index >= 15 is 0 Å². The molecule has 0 amide bonds. The van der Waals surface area contributed by atoms with Gasteiger partial charge in [-0.3, -0.25) is 19.4 Å². The average Bonchev–Trinajstić information content (AvgIpc) is 3.15. The molecule has 0 saturated carbocycles. The van der Waals surface area contributed by atoms with E-state index in [1.807, 2.05) is 0 Å². The van der Waals surface area contributed by atoms with Crippen LogP contribution in [0, 0.1) is 0 Å². The maximum Gasteiger partial charge on any atom is 0.317 e. The van der Waals surface area contributed by atoms with Crippen molar-refractivity contribution in [3.8, 4) is 0 Å². The summed E-state index contributed by atoms with van der Waals surface area (Å²) in [6.45, 7) is 8.94. The highest BCUT2D eigenvalue weighted by molar-refractivity contribution is 5.69. The van der Waals surface area contributed by atoms with E-state index in [4.69, 9.17) is 15.2 Å². The number of carbonyl (C=O) groups is 2. The number of carboxylic acids is 2. The van der Waals surface area contributed by atoms with Crippen molar-refractivity contribution in [2.24, 2.45) is 5.73 Å². The summed E-state index contributed by atoms with van der Waals surface area (Å²) in [5, 5.41) is 58.5. The predicted molar refractivity (Wildman–Crippen MR) is 213 cm³/mol. The van der Waals surface area contributed by atoms with Crippen LogP contribution in [0.4, 0.5) is 0 Å². The van der Waals surface area contributed by atoms with Crippen LogP contribution in [0.2, 0.25) is 0 Å². The predicted octanol–water partition coefficient (Wildman–Crippen LogP) is 2.17. The summed E-state index contributed by atoms with van der Waals surface area (Å²) >= 11 is 0. The molecule has 55 heavy (non-hydrogen) atoms. The molecule has 2 fully saturated rings. The monoisotopic (exact) mass is 790 g/mol. The van der Waals surface area contributed by atoms with E-state index in [9.17, 15) is 40.2 Å². The van der Waals surface area contributed by atoms with Gasteiger partial charge in [-0.2, -0.15) is 0 Å². The normalized spacial score (nSPS) is 24.9. The zero-order valence-corrected chi connectivity index (χ0v) is 33.9. The molecule has 2 heterocycles. The number of hydrogen-bond acceptors (Lipinski definition) is 13. The van der Waals surface area contributed by atoms with Crippen molar-refractivity contribution < 1.29 is 49.7 Å². The molecule has 15 heteroatoms. The van der Waals surface area contributed by atoms with Crippen molar-refractivity contribution in [1.29, 1.82) is 0 Å². The van der Waals surface area contributed by atoms with E-state index in [1.54, 1.807) is 0 Å². The van der Waals surface area contributed by atoms with Crippen molar-refractivity contribution in [3.63, 3.8) is 0 Å². The van der Waals surface area contributed by atoms with Gasteiger partial charge in [0.15, 0.2) is 6.29 Å². The van der Waals surface area contributed by atoms with Crippen LogP contribution in [0.5, 0.6) is 0 Å². The van der Waals surface area contributed by atoms with Gasteiger partial charge in [0.1, 0.15) is 24.4 Å². The number of aliphatic hydroxyl groups excluding tert-OH is 4.